The number of thiophene rings is 1. The third-order valence-corrected chi connectivity index (χ3v) is 8.49. The van der Waals surface area contributed by atoms with Crippen LogP contribution in [0.15, 0.2) is 42.1 Å². The van der Waals surface area contributed by atoms with Crippen molar-refractivity contribution in [1.29, 1.82) is 0 Å². The fraction of sp³-hybridized carbons (Fsp3) is 0.407. The van der Waals surface area contributed by atoms with Gasteiger partial charge in [0, 0.05) is 36.8 Å². The molecule has 0 spiro atoms. The molecule has 10 heteroatoms. The van der Waals surface area contributed by atoms with Gasteiger partial charge in [0.25, 0.3) is 0 Å². The topological polar surface area (TPSA) is 89.3 Å². The first-order chi connectivity index (χ1) is 17.9. The number of carbonyl (C=O) groups excluding carboxylic acids is 2. The van der Waals surface area contributed by atoms with Crippen molar-refractivity contribution >= 4 is 45.7 Å². The molecule has 1 aliphatic carbocycles. The minimum atomic E-state index is -0.392. The second-order valence-electron chi connectivity index (χ2n) is 9.10. The molecule has 0 unspecified atom stereocenters. The number of aryl methyl sites for hydroxylation is 1. The molecule has 196 valence electrons. The predicted octanol–water partition coefficient (Wildman–Crippen LogP) is 5.44. The average molecular weight is 540 g/mol. The van der Waals surface area contributed by atoms with Gasteiger partial charge < -0.3 is 15.0 Å². The van der Waals surface area contributed by atoms with Crippen LogP contribution in [0.3, 0.4) is 0 Å². The van der Waals surface area contributed by atoms with Gasteiger partial charge in [-0.3, -0.25) is 9.36 Å². The summed E-state index contributed by atoms with van der Waals surface area (Å²) < 4.78 is 7.02. The number of fused-ring (bicyclic) bond motifs is 1. The van der Waals surface area contributed by atoms with Crippen molar-refractivity contribution in [2.24, 2.45) is 0 Å². The van der Waals surface area contributed by atoms with E-state index < -0.39 is 5.97 Å². The molecule has 4 rings (SSSR count). The van der Waals surface area contributed by atoms with Crippen molar-refractivity contribution in [3.8, 4) is 11.4 Å². The van der Waals surface area contributed by atoms with Crippen molar-refractivity contribution in [1.82, 2.24) is 14.8 Å². The minimum Gasteiger partial charge on any atom is -0.465 e. The van der Waals surface area contributed by atoms with Crippen LogP contribution in [-0.4, -0.2) is 53.6 Å². The molecule has 0 saturated carbocycles. The zero-order valence-electron chi connectivity index (χ0n) is 21.6. The fourth-order valence-corrected chi connectivity index (χ4v) is 6.47. The highest BCUT2D eigenvalue weighted by molar-refractivity contribution is 7.99. The average Bonchev–Trinajstić information content (AvgIpc) is 3.43. The summed E-state index contributed by atoms with van der Waals surface area (Å²) in [4.78, 5) is 28.8. The highest BCUT2D eigenvalue weighted by Crippen LogP contribution is 2.37. The fourth-order valence-electron chi connectivity index (χ4n) is 4.43. The smallest absolute Gasteiger partial charge is 0.341 e. The molecule has 8 nitrogen and oxygen atoms in total. The molecule has 1 amide bonds. The van der Waals surface area contributed by atoms with Crippen LogP contribution in [-0.2, 0) is 28.9 Å². The van der Waals surface area contributed by atoms with Crippen LogP contribution in [0, 0.1) is 0 Å². The molecule has 2 heterocycles. The summed E-state index contributed by atoms with van der Waals surface area (Å²) >= 11 is 2.81. The molecule has 0 aliphatic heterocycles. The van der Waals surface area contributed by atoms with Crippen molar-refractivity contribution in [3.05, 3.63) is 52.9 Å². The van der Waals surface area contributed by atoms with E-state index in [0.717, 1.165) is 54.7 Å². The van der Waals surface area contributed by atoms with Crippen LogP contribution in [0.25, 0.3) is 11.4 Å². The van der Waals surface area contributed by atoms with Gasteiger partial charge in [-0.25, -0.2) is 4.79 Å². The molecule has 1 aliphatic rings. The maximum Gasteiger partial charge on any atom is 0.341 e. The monoisotopic (exact) mass is 539 g/mol. The molecular formula is C27H33N5O3S2. The number of methoxy groups -OCH3 is 1. The number of aromatic nitrogens is 3. The number of hydrogen-bond acceptors (Lipinski definition) is 8. The Labute approximate surface area is 226 Å². The Hall–Kier alpha value is -3.11. The van der Waals surface area contributed by atoms with E-state index in [2.05, 4.69) is 22.1 Å². The first kappa shape index (κ1) is 26.9. The molecule has 3 aromatic rings. The molecule has 0 radical (unpaired) electrons. The molecule has 37 heavy (non-hydrogen) atoms. The van der Waals surface area contributed by atoms with Gasteiger partial charge in [0.05, 0.1) is 18.4 Å². The molecule has 1 aromatic carbocycles. The summed E-state index contributed by atoms with van der Waals surface area (Å²) in [7, 11) is 5.38. The number of amides is 1. The minimum absolute atomic E-state index is 0.137. The van der Waals surface area contributed by atoms with Crippen molar-refractivity contribution in [3.63, 3.8) is 0 Å². The van der Waals surface area contributed by atoms with E-state index in [0.29, 0.717) is 22.3 Å². The van der Waals surface area contributed by atoms with Gasteiger partial charge in [-0.2, -0.15) is 0 Å². The van der Waals surface area contributed by atoms with E-state index in [1.165, 1.54) is 41.5 Å². The van der Waals surface area contributed by atoms with Crippen LogP contribution in [0.2, 0.25) is 0 Å². The Balaban J connectivity index is 1.50. The first-order valence-electron chi connectivity index (χ1n) is 12.4. The highest BCUT2D eigenvalue weighted by atomic mass is 32.2. The number of thioether (sulfide) groups is 1. The van der Waals surface area contributed by atoms with Gasteiger partial charge in [0.15, 0.2) is 11.0 Å². The maximum absolute atomic E-state index is 13.0. The Kier molecular flexibility index (Phi) is 9.04. The number of esters is 1. The predicted molar refractivity (Wildman–Crippen MR) is 151 cm³/mol. The van der Waals surface area contributed by atoms with E-state index in [9.17, 15) is 9.59 Å². The zero-order valence-corrected chi connectivity index (χ0v) is 23.2. The van der Waals surface area contributed by atoms with Crippen molar-refractivity contribution in [2.75, 3.05) is 37.2 Å². The van der Waals surface area contributed by atoms with Crippen molar-refractivity contribution in [2.45, 2.75) is 50.2 Å². The largest absolute Gasteiger partial charge is 0.465 e. The SMILES string of the molecule is C=CCn1c(SCC(=O)Nc2sc3c(c2C(=O)OC)CCCCCC3)nnc1-c1ccc(N(C)C)cc1. The lowest BCUT2D eigenvalue weighted by Gasteiger charge is -2.13. The second kappa shape index (κ2) is 12.4. The number of carbonyl (C=O) groups is 2. The van der Waals surface area contributed by atoms with E-state index in [4.69, 9.17) is 4.74 Å². The summed E-state index contributed by atoms with van der Waals surface area (Å²) in [6, 6.07) is 8.09. The molecule has 1 N–H and O–H groups in total. The first-order valence-corrected chi connectivity index (χ1v) is 14.2. The van der Waals surface area contributed by atoms with E-state index in [1.54, 1.807) is 6.08 Å². The van der Waals surface area contributed by atoms with Gasteiger partial charge in [-0.05, 0) is 55.5 Å². The number of anilines is 2. The normalized spacial score (nSPS) is 13.3. The summed E-state index contributed by atoms with van der Waals surface area (Å²) in [6.45, 7) is 4.38. The summed E-state index contributed by atoms with van der Waals surface area (Å²) in [6.07, 6.45) is 8.03. The number of benzene rings is 1. The quantitative estimate of drug-likeness (QED) is 0.220. The molecule has 0 atom stereocenters. The Morgan fingerprint density at radius 2 is 1.89 bits per heavy atom. The summed E-state index contributed by atoms with van der Waals surface area (Å²) in [5.74, 6) is 0.267. The van der Waals surface area contributed by atoms with Crippen LogP contribution in [0.1, 0.15) is 46.5 Å². The number of nitrogens with zero attached hydrogens (tertiary/aromatic N) is 4. The number of ether oxygens (including phenoxy) is 1. The lowest BCUT2D eigenvalue weighted by Crippen LogP contribution is -2.17. The van der Waals surface area contributed by atoms with Crippen LogP contribution in [0.5, 0.6) is 0 Å². The van der Waals surface area contributed by atoms with E-state index >= 15 is 0 Å². The summed E-state index contributed by atoms with van der Waals surface area (Å²) in [5.41, 5.74) is 3.59. The zero-order chi connectivity index (χ0) is 26.4. The Morgan fingerprint density at radius 1 is 1.16 bits per heavy atom. The lowest BCUT2D eigenvalue weighted by molar-refractivity contribution is -0.113. The van der Waals surface area contributed by atoms with Crippen molar-refractivity contribution < 1.29 is 14.3 Å². The number of allylic oxidation sites excluding steroid dienone is 1. The highest BCUT2D eigenvalue weighted by Gasteiger charge is 2.26. The standard InChI is InChI=1S/C27H33N5O3S2/c1-5-16-32-24(18-12-14-19(15-13-18)31(2)3)29-30-27(32)36-17-22(33)28-25-23(26(34)35-4)20-10-8-6-7-9-11-21(20)37-25/h5,12-15H,1,6-11,16-17H2,2-4H3,(H,28,33). The number of nitrogens with one attached hydrogen (secondary N) is 1. The number of rotatable bonds is 9. The van der Waals surface area contributed by atoms with Gasteiger partial charge in [-0.15, -0.1) is 28.1 Å². The van der Waals surface area contributed by atoms with Gasteiger partial charge in [0.1, 0.15) is 5.00 Å². The van der Waals surface area contributed by atoms with Crippen LogP contribution >= 0.6 is 23.1 Å². The van der Waals surface area contributed by atoms with Gasteiger partial charge >= 0.3 is 5.97 Å². The Morgan fingerprint density at radius 3 is 2.57 bits per heavy atom. The molecule has 0 fully saturated rings. The van der Waals surface area contributed by atoms with Crippen LogP contribution < -0.4 is 10.2 Å². The van der Waals surface area contributed by atoms with Gasteiger partial charge in [0.2, 0.25) is 5.91 Å². The van der Waals surface area contributed by atoms with Gasteiger partial charge in [-0.1, -0.05) is 30.7 Å². The van der Waals surface area contributed by atoms with E-state index in [-0.39, 0.29) is 11.7 Å². The summed E-state index contributed by atoms with van der Waals surface area (Å²) in [5, 5.41) is 12.9. The Bertz CT molecular complexity index is 1260. The molecule has 0 bridgehead atoms. The van der Waals surface area contributed by atoms with Crippen LogP contribution in [0.4, 0.5) is 10.7 Å². The lowest BCUT2D eigenvalue weighted by atomic mass is 9.96. The molecule has 0 saturated heterocycles. The molecular weight excluding hydrogens is 506 g/mol. The second-order valence-corrected chi connectivity index (χ2v) is 11.1. The van der Waals surface area contributed by atoms with E-state index in [1.807, 2.05) is 47.8 Å². The maximum atomic E-state index is 13.0. The molecule has 2 aromatic heterocycles. The number of hydrogen-bond donors (Lipinski definition) is 1. The third-order valence-electron chi connectivity index (χ3n) is 6.32. The third kappa shape index (κ3) is 6.24.